The summed E-state index contributed by atoms with van der Waals surface area (Å²) in [6.07, 6.45) is 9.68. The largest absolute Gasteiger partial charge is 0.377 e. The zero-order chi connectivity index (χ0) is 29.8. The summed E-state index contributed by atoms with van der Waals surface area (Å²) < 4.78 is 22.0. The second-order valence-electron chi connectivity index (χ2n) is 12.8. The summed E-state index contributed by atoms with van der Waals surface area (Å²) in [5, 5.41) is 4.24. The van der Waals surface area contributed by atoms with Gasteiger partial charge in [0.05, 0.1) is 54.3 Å². The van der Waals surface area contributed by atoms with Crippen molar-refractivity contribution in [1.82, 2.24) is 24.7 Å². The number of aromatic nitrogens is 2. The molecule has 10 heteroatoms. The highest BCUT2D eigenvalue weighted by Crippen LogP contribution is 2.37. The topological polar surface area (TPSA) is 96.8 Å². The molecule has 3 saturated heterocycles. The third kappa shape index (κ3) is 4.94. The van der Waals surface area contributed by atoms with E-state index in [4.69, 9.17) is 4.74 Å². The van der Waals surface area contributed by atoms with Crippen molar-refractivity contribution in [3.05, 3.63) is 59.8 Å². The van der Waals surface area contributed by atoms with Gasteiger partial charge in [0.1, 0.15) is 5.82 Å². The molecule has 5 atom stereocenters. The number of benzene rings is 1. The number of nitrogens with zero attached hydrogens (tertiary/aromatic N) is 4. The Balaban J connectivity index is 1.16. The van der Waals surface area contributed by atoms with Gasteiger partial charge in [-0.1, -0.05) is 0 Å². The van der Waals surface area contributed by atoms with E-state index in [2.05, 4.69) is 10.3 Å². The number of likely N-dealkylation sites (tertiary alicyclic amines) is 1. The lowest BCUT2D eigenvalue weighted by Gasteiger charge is -2.39. The molecule has 0 radical (unpaired) electrons. The first-order chi connectivity index (χ1) is 20.8. The number of carbonyl (C=O) groups is 3. The summed E-state index contributed by atoms with van der Waals surface area (Å²) in [4.78, 5) is 49.1. The lowest BCUT2D eigenvalue weighted by atomic mass is 9.88. The van der Waals surface area contributed by atoms with E-state index >= 15 is 0 Å². The maximum absolute atomic E-state index is 14.6. The molecule has 2 amide bonds. The summed E-state index contributed by atoms with van der Waals surface area (Å²) in [6.45, 7) is 5.81. The normalized spacial score (nSPS) is 27.7. The minimum absolute atomic E-state index is 0.0190. The number of hydrogen-bond acceptors (Lipinski definition) is 6. The quantitative estimate of drug-likeness (QED) is 0.454. The van der Waals surface area contributed by atoms with Crippen molar-refractivity contribution in [2.45, 2.75) is 70.1 Å². The molecule has 0 unspecified atom stereocenters. The first-order valence-electron chi connectivity index (χ1n) is 15.5. The van der Waals surface area contributed by atoms with Crippen LogP contribution in [-0.4, -0.2) is 87.4 Å². The lowest BCUT2D eigenvalue weighted by Crippen LogP contribution is -2.52. The number of hydrogen-bond donors (Lipinski definition) is 1. The summed E-state index contributed by atoms with van der Waals surface area (Å²) in [7, 11) is 0. The predicted octanol–water partition coefficient (Wildman–Crippen LogP) is 3.98. The molecule has 0 spiro atoms. The number of pyridine rings is 1. The number of carbonyl (C=O) groups excluding carboxylic acids is 3. The maximum Gasteiger partial charge on any atom is 0.256 e. The SMILES string of the molecule is C[C@@H]1COC[C@H](C)N1C(=O)c1cc(F)ccc1-n1cc(C(=O)C2CCN(C(=O)[C@H]3N[C@@H]4CC[C@H]3C4)CC2)c2ccncc21. The molecule has 1 saturated carbocycles. The molecule has 1 N–H and O–H groups in total. The van der Waals surface area contributed by atoms with Gasteiger partial charge < -0.3 is 24.4 Å². The van der Waals surface area contributed by atoms with Gasteiger partial charge in [0, 0.05) is 48.4 Å². The molecule has 3 aromatic rings. The lowest BCUT2D eigenvalue weighted by molar-refractivity contribution is -0.135. The van der Waals surface area contributed by atoms with E-state index < -0.39 is 5.82 Å². The van der Waals surface area contributed by atoms with Crippen molar-refractivity contribution in [2.24, 2.45) is 11.8 Å². The molecule has 9 nitrogen and oxygen atoms in total. The fraction of sp³-hybridized carbons (Fsp3) is 0.515. The van der Waals surface area contributed by atoms with Gasteiger partial charge in [-0.15, -0.1) is 0 Å². The molecule has 7 rings (SSSR count). The molecule has 2 bridgehead atoms. The van der Waals surface area contributed by atoms with Crippen LogP contribution in [0, 0.1) is 17.7 Å². The third-order valence-corrected chi connectivity index (χ3v) is 10.0. The molecule has 1 aliphatic carbocycles. The number of amides is 2. The summed E-state index contributed by atoms with van der Waals surface area (Å²) in [5.74, 6) is -0.362. The molecule has 4 fully saturated rings. The second kappa shape index (κ2) is 11.1. The third-order valence-electron chi connectivity index (χ3n) is 10.0. The number of halogens is 1. The molecule has 5 heterocycles. The van der Waals surface area contributed by atoms with Gasteiger partial charge in [-0.05, 0) is 76.1 Å². The molecule has 43 heavy (non-hydrogen) atoms. The van der Waals surface area contributed by atoms with Gasteiger partial charge in [0.2, 0.25) is 5.91 Å². The molecule has 2 aromatic heterocycles. The molecular formula is C33H38FN5O4. The molecule has 4 aliphatic rings. The van der Waals surface area contributed by atoms with E-state index in [1.807, 2.05) is 24.8 Å². The highest BCUT2D eigenvalue weighted by molar-refractivity contribution is 6.10. The van der Waals surface area contributed by atoms with Crippen LogP contribution in [0.4, 0.5) is 4.39 Å². The smallest absolute Gasteiger partial charge is 0.256 e. The Bertz CT molecular complexity index is 1570. The number of rotatable bonds is 5. The number of nitrogens with one attached hydrogen (secondary N) is 1. The highest BCUT2D eigenvalue weighted by atomic mass is 19.1. The van der Waals surface area contributed by atoms with Crippen LogP contribution in [0.25, 0.3) is 16.6 Å². The Hall–Kier alpha value is -3.63. The van der Waals surface area contributed by atoms with Gasteiger partial charge in [0.15, 0.2) is 5.78 Å². The van der Waals surface area contributed by atoms with Crippen molar-refractivity contribution in [3.8, 4) is 5.69 Å². The molecule has 226 valence electrons. The second-order valence-corrected chi connectivity index (χ2v) is 12.8. The van der Waals surface area contributed by atoms with Crippen LogP contribution in [0.5, 0.6) is 0 Å². The van der Waals surface area contributed by atoms with Crippen LogP contribution < -0.4 is 5.32 Å². The number of Topliss-reactive ketones (excluding diaryl/α,β-unsaturated/α-hetero) is 1. The fourth-order valence-corrected chi connectivity index (χ4v) is 7.82. The van der Waals surface area contributed by atoms with Crippen LogP contribution in [0.1, 0.15) is 66.7 Å². The standard InChI is InChI=1S/C33H38FN5O4/c1-19-17-43-18-20(2)39(19)32(41)26-14-23(34)4-6-28(26)38-16-27(25-7-10-35-15-29(25)38)31(40)21-8-11-37(12-9-21)33(42)30-22-3-5-24(13-22)36-30/h4,6-7,10,14-16,19-22,24,30,36H,3,5,8-9,11-13,17-18H2,1-2H3/t19-,20+,22-,24+,30-/m0/s1. The Kier molecular flexibility index (Phi) is 7.29. The number of ketones is 1. The summed E-state index contributed by atoms with van der Waals surface area (Å²) in [6, 6.07) is 6.08. The van der Waals surface area contributed by atoms with E-state index in [1.165, 1.54) is 12.1 Å². The number of fused-ring (bicyclic) bond motifs is 3. The zero-order valence-corrected chi connectivity index (χ0v) is 24.7. The first kappa shape index (κ1) is 28.2. The number of ether oxygens (including phenoxy) is 1. The van der Waals surface area contributed by atoms with Gasteiger partial charge >= 0.3 is 0 Å². The van der Waals surface area contributed by atoms with E-state index in [1.54, 1.807) is 34.1 Å². The van der Waals surface area contributed by atoms with Crippen molar-refractivity contribution >= 4 is 28.5 Å². The average molecular weight is 588 g/mol. The Morgan fingerprint density at radius 1 is 1.00 bits per heavy atom. The van der Waals surface area contributed by atoms with E-state index in [0.717, 1.165) is 24.6 Å². The van der Waals surface area contributed by atoms with E-state index in [0.29, 0.717) is 67.9 Å². The van der Waals surface area contributed by atoms with E-state index in [-0.39, 0.29) is 47.2 Å². The van der Waals surface area contributed by atoms with Crippen molar-refractivity contribution in [1.29, 1.82) is 0 Å². The fourth-order valence-electron chi connectivity index (χ4n) is 7.82. The predicted molar refractivity (Wildman–Crippen MR) is 159 cm³/mol. The summed E-state index contributed by atoms with van der Waals surface area (Å²) >= 11 is 0. The van der Waals surface area contributed by atoms with Gasteiger partial charge in [-0.3, -0.25) is 19.4 Å². The van der Waals surface area contributed by atoms with Gasteiger partial charge in [-0.25, -0.2) is 4.39 Å². The van der Waals surface area contributed by atoms with E-state index in [9.17, 15) is 18.8 Å². The van der Waals surface area contributed by atoms with Crippen LogP contribution in [-0.2, 0) is 9.53 Å². The van der Waals surface area contributed by atoms with Crippen molar-refractivity contribution in [3.63, 3.8) is 0 Å². The first-order valence-corrected chi connectivity index (χ1v) is 15.5. The average Bonchev–Trinajstić information content (AvgIpc) is 3.75. The molecular weight excluding hydrogens is 549 g/mol. The zero-order valence-electron chi connectivity index (χ0n) is 24.7. The Morgan fingerprint density at radius 2 is 1.77 bits per heavy atom. The Morgan fingerprint density at radius 3 is 2.47 bits per heavy atom. The minimum Gasteiger partial charge on any atom is -0.377 e. The van der Waals surface area contributed by atoms with Gasteiger partial charge in [-0.2, -0.15) is 0 Å². The van der Waals surface area contributed by atoms with Crippen molar-refractivity contribution in [2.75, 3.05) is 26.3 Å². The number of piperidine rings is 2. The van der Waals surface area contributed by atoms with Crippen molar-refractivity contribution < 1.29 is 23.5 Å². The van der Waals surface area contributed by atoms with Crippen LogP contribution >= 0.6 is 0 Å². The maximum atomic E-state index is 14.6. The molecule has 3 aliphatic heterocycles. The summed E-state index contributed by atoms with van der Waals surface area (Å²) in [5.41, 5.74) is 1.94. The van der Waals surface area contributed by atoms with Crippen LogP contribution in [0.3, 0.4) is 0 Å². The Labute approximate surface area is 250 Å². The molecule has 1 aromatic carbocycles. The van der Waals surface area contributed by atoms with Crippen LogP contribution in [0.2, 0.25) is 0 Å². The minimum atomic E-state index is -0.506. The number of morpholine rings is 1. The monoisotopic (exact) mass is 587 g/mol. The highest BCUT2D eigenvalue weighted by Gasteiger charge is 2.45. The van der Waals surface area contributed by atoms with Gasteiger partial charge in [0.25, 0.3) is 5.91 Å². The van der Waals surface area contributed by atoms with Crippen LogP contribution in [0.15, 0.2) is 42.9 Å².